The van der Waals surface area contributed by atoms with Crippen molar-refractivity contribution < 1.29 is 9.18 Å². The van der Waals surface area contributed by atoms with Crippen molar-refractivity contribution in [3.63, 3.8) is 0 Å². The normalized spacial score (nSPS) is 24.1. The van der Waals surface area contributed by atoms with Gasteiger partial charge in [-0.15, -0.1) is 0 Å². The molecule has 7 heteroatoms. The lowest BCUT2D eigenvalue weighted by Crippen LogP contribution is -2.47. The number of benzene rings is 2. The summed E-state index contributed by atoms with van der Waals surface area (Å²) in [6.07, 6.45) is 3.80. The number of fused-ring (bicyclic) bond motifs is 1. The van der Waals surface area contributed by atoms with Crippen molar-refractivity contribution in [2.45, 2.75) is 37.9 Å². The van der Waals surface area contributed by atoms with Crippen molar-refractivity contribution in [3.05, 3.63) is 75.9 Å². The maximum absolute atomic E-state index is 16.0. The number of hydrogen-bond donors (Lipinski definition) is 0. The summed E-state index contributed by atoms with van der Waals surface area (Å²) in [5.41, 5.74) is 1.15. The lowest BCUT2D eigenvalue weighted by molar-refractivity contribution is 0.0616. The third-order valence-electron chi connectivity index (χ3n) is 7.46. The fourth-order valence-electron chi connectivity index (χ4n) is 5.40. The quantitative estimate of drug-likeness (QED) is 0.438. The number of aromatic nitrogens is 1. The van der Waals surface area contributed by atoms with E-state index in [1.165, 1.54) is 0 Å². The summed E-state index contributed by atoms with van der Waals surface area (Å²) in [6, 6.07) is 15.2. The summed E-state index contributed by atoms with van der Waals surface area (Å²) < 4.78 is 16.0. The van der Waals surface area contributed by atoms with Crippen molar-refractivity contribution in [2.24, 2.45) is 5.92 Å². The minimum absolute atomic E-state index is 0.0541. The van der Waals surface area contributed by atoms with E-state index in [4.69, 9.17) is 23.2 Å². The van der Waals surface area contributed by atoms with Crippen molar-refractivity contribution in [1.82, 2.24) is 14.8 Å². The Morgan fingerprint density at radius 3 is 2.68 bits per heavy atom. The standard InChI is InChI=1S/C27H28Cl2FN3O/c1-18-16-33(17-27(18,30)15-19-4-6-23(28)24(29)13-19)22-8-11-32(12-9-22)26(34)21-5-7-25-20(14-21)3-2-10-31-25/h2-7,10,13-14,18,22H,8-9,11-12,15-17H2,1H3. The monoisotopic (exact) mass is 499 g/mol. The van der Waals surface area contributed by atoms with Crippen LogP contribution in [0, 0.1) is 5.92 Å². The zero-order valence-electron chi connectivity index (χ0n) is 19.2. The van der Waals surface area contributed by atoms with Gasteiger partial charge >= 0.3 is 0 Å². The molecule has 1 aromatic heterocycles. The Bertz CT molecular complexity index is 1210. The second kappa shape index (κ2) is 9.44. The van der Waals surface area contributed by atoms with Crippen LogP contribution >= 0.6 is 23.2 Å². The minimum Gasteiger partial charge on any atom is -0.339 e. The first-order chi connectivity index (χ1) is 16.3. The smallest absolute Gasteiger partial charge is 0.253 e. The molecule has 0 N–H and O–H groups in total. The molecule has 2 aliphatic heterocycles. The van der Waals surface area contributed by atoms with Crippen molar-refractivity contribution in [2.75, 3.05) is 26.2 Å². The second-order valence-corrected chi connectivity index (χ2v) is 10.5. The molecule has 4 nitrogen and oxygen atoms in total. The summed E-state index contributed by atoms with van der Waals surface area (Å²) in [6.45, 7) is 4.50. The highest BCUT2D eigenvalue weighted by Crippen LogP contribution is 2.38. The van der Waals surface area contributed by atoms with E-state index >= 15 is 4.39 Å². The number of carbonyl (C=O) groups is 1. The van der Waals surface area contributed by atoms with E-state index in [0.29, 0.717) is 47.7 Å². The molecule has 2 aromatic carbocycles. The maximum atomic E-state index is 16.0. The fraction of sp³-hybridized carbons (Fsp3) is 0.407. The third-order valence-corrected chi connectivity index (χ3v) is 8.20. The van der Waals surface area contributed by atoms with Crippen LogP contribution in [0.5, 0.6) is 0 Å². The zero-order valence-corrected chi connectivity index (χ0v) is 20.7. The van der Waals surface area contributed by atoms with Crippen molar-refractivity contribution in [1.29, 1.82) is 0 Å². The Balaban J connectivity index is 1.20. The van der Waals surface area contributed by atoms with Crippen LogP contribution in [0.25, 0.3) is 10.9 Å². The predicted octanol–water partition coefficient (Wildman–Crippen LogP) is 6.05. The number of piperidine rings is 1. The molecular formula is C27H28Cl2FN3O. The molecule has 0 saturated carbocycles. The zero-order chi connectivity index (χ0) is 23.9. The first kappa shape index (κ1) is 23.5. The second-order valence-electron chi connectivity index (χ2n) is 9.72. The maximum Gasteiger partial charge on any atom is 0.253 e. The number of carbonyl (C=O) groups excluding carboxylic acids is 1. The molecule has 34 heavy (non-hydrogen) atoms. The average Bonchev–Trinajstić information content (AvgIpc) is 3.14. The van der Waals surface area contributed by atoms with E-state index in [9.17, 15) is 4.79 Å². The summed E-state index contributed by atoms with van der Waals surface area (Å²) in [5, 5.41) is 1.92. The van der Waals surface area contributed by atoms with Crippen molar-refractivity contribution >= 4 is 40.0 Å². The molecule has 2 saturated heterocycles. The molecule has 0 radical (unpaired) electrons. The molecule has 0 spiro atoms. The highest BCUT2D eigenvalue weighted by Gasteiger charge is 2.47. The minimum atomic E-state index is -1.30. The lowest BCUT2D eigenvalue weighted by atomic mass is 9.88. The molecule has 3 heterocycles. The first-order valence-corrected chi connectivity index (χ1v) is 12.6. The SMILES string of the molecule is CC1CN(C2CCN(C(=O)c3ccc4ncccc4c3)CC2)CC1(F)Cc1ccc(Cl)c(Cl)c1. The van der Waals surface area contributed by atoms with E-state index in [0.717, 1.165) is 35.9 Å². The summed E-state index contributed by atoms with van der Waals surface area (Å²) in [4.78, 5) is 21.6. The van der Waals surface area contributed by atoms with Crippen LogP contribution in [0.3, 0.4) is 0 Å². The van der Waals surface area contributed by atoms with E-state index in [-0.39, 0.29) is 11.8 Å². The van der Waals surface area contributed by atoms with E-state index in [1.54, 1.807) is 18.3 Å². The summed E-state index contributed by atoms with van der Waals surface area (Å²) in [5.74, 6) is -0.0220. The number of rotatable bonds is 4. The summed E-state index contributed by atoms with van der Waals surface area (Å²) >= 11 is 12.2. The molecule has 5 rings (SSSR count). The van der Waals surface area contributed by atoms with Gasteiger partial charge < -0.3 is 4.90 Å². The Labute approximate surface area is 209 Å². The van der Waals surface area contributed by atoms with Crippen LogP contribution in [0.2, 0.25) is 10.0 Å². The van der Waals surface area contributed by atoms with Gasteiger partial charge in [-0.2, -0.15) is 0 Å². The van der Waals surface area contributed by atoms with Gasteiger partial charge in [-0.3, -0.25) is 14.7 Å². The molecule has 2 aliphatic rings. The lowest BCUT2D eigenvalue weighted by Gasteiger charge is -2.37. The Kier molecular flexibility index (Phi) is 6.54. The Morgan fingerprint density at radius 2 is 1.91 bits per heavy atom. The number of nitrogens with zero attached hydrogens (tertiary/aromatic N) is 3. The van der Waals surface area contributed by atoms with Crippen LogP contribution in [0.1, 0.15) is 35.7 Å². The van der Waals surface area contributed by atoms with Gasteiger partial charge in [-0.25, -0.2) is 4.39 Å². The van der Waals surface area contributed by atoms with Gasteiger partial charge in [0, 0.05) is 61.7 Å². The first-order valence-electron chi connectivity index (χ1n) is 11.8. The largest absolute Gasteiger partial charge is 0.339 e. The average molecular weight is 500 g/mol. The van der Waals surface area contributed by atoms with Crippen LogP contribution < -0.4 is 0 Å². The number of amides is 1. The van der Waals surface area contributed by atoms with Crippen LogP contribution in [0.15, 0.2) is 54.7 Å². The van der Waals surface area contributed by atoms with Crippen molar-refractivity contribution in [3.8, 4) is 0 Å². The molecule has 2 atom stereocenters. The van der Waals surface area contributed by atoms with Crippen LogP contribution in [0.4, 0.5) is 4.39 Å². The Morgan fingerprint density at radius 1 is 1.12 bits per heavy atom. The van der Waals surface area contributed by atoms with E-state index in [2.05, 4.69) is 9.88 Å². The number of alkyl halides is 1. The van der Waals surface area contributed by atoms with Gasteiger partial charge in [0.25, 0.3) is 5.91 Å². The highest BCUT2D eigenvalue weighted by molar-refractivity contribution is 6.42. The molecule has 0 bridgehead atoms. The van der Waals surface area contributed by atoms with Crippen LogP contribution in [-0.4, -0.2) is 58.6 Å². The summed E-state index contributed by atoms with van der Waals surface area (Å²) in [7, 11) is 0. The molecule has 3 aromatic rings. The number of likely N-dealkylation sites (tertiary alicyclic amines) is 2. The molecule has 2 unspecified atom stereocenters. The molecule has 178 valence electrons. The third kappa shape index (κ3) is 4.66. The molecule has 1 amide bonds. The topological polar surface area (TPSA) is 36.4 Å². The van der Waals surface area contributed by atoms with Gasteiger partial charge in [-0.05, 0) is 54.8 Å². The molecular weight excluding hydrogens is 472 g/mol. The fourth-order valence-corrected chi connectivity index (χ4v) is 5.72. The van der Waals surface area contributed by atoms with E-state index < -0.39 is 5.67 Å². The van der Waals surface area contributed by atoms with Gasteiger partial charge in [0.15, 0.2) is 0 Å². The number of halogens is 3. The number of hydrogen-bond acceptors (Lipinski definition) is 3. The predicted molar refractivity (Wildman–Crippen MR) is 135 cm³/mol. The van der Waals surface area contributed by atoms with Crippen LogP contribution in [-0.2, 0) is 6.42 Å². The van der Waals surface area contributed by atoms with Gasteiger partial charge in [0.1, 0.15) is 5.67 Å². The molecule has 2 fully saturated rings. The number of pyridine rings is 1. The van der Waals surface area contributed by atoms with Gasteiger partial charge in [0.2, 0.25) is 0 Å². The van der Waals surface area contributed by atoms with Gasteiger partial charge in [-0.1, -0.05) is 42.3 Å². The van der Waals surface area contributed by atoms with Gasteiger partial charge in [0.05, 0.1) is 15.6 Å². The van der Waals surface area contributed by atoms with E-state index in [1.807, 2.05) is 48.2 Å². The highest BCUT2D eigenvalue weighted by atomic mass is 35.5. The molecule has 0 aliphatic carbocycles. The Hall–Kier alpha value is -2.21.